The van der Waals surface area contributed by atoms with Gasteiger partial charge in [-0.25, -0.2) is 0 Å². The zero-order chi connectivity index (χ0) is 31.7. The van der Waals surface area contributed by atoms with E-state index in [0.717, 1.165) is 12.1 Å². The predicted molar refractivity (Wildman–Crippen MR) is 159 cm³/mol. The van der Waals surface area contributed by atoms with Gasteiger partial charge < -0.3 is 48.9 Å². The Kier molecular flexibility index (Phi) is 7.65. The first-order valence-corrected chi connectivity index (χ1v) is 12.7. The molecule has 2 heterocycles. The SMILES string of the molecule is COc1ccc(-c2cc(=O)c3c(O)cc(O)cc3o2)cc1O.COc1ccc(-c2cc(=O)c3c(O)cc(O)cc3o2)cc1O. The van der Waals surface area contributed by atoms with E-state index in [1.54, 1.807) is 12.1 Å². The van der Waals surface area contributed by atoms with E-state index < -0.39 is 10.9 Å². The normalized spacial score (nSPS) is 10.8. The molecule has 2 aromatic heterocycles. The minimum Gasteiger partial charge on any atom is -0.508 e. The molecule has 0 atom stereocenters. The van der Waals surface area contributed by atoms with Crippen molar-refractivity contribution < 1.29 is 48.9 Å². The van der Waals surface area contributed by atoms with E-state index in [9.17, 15) is 40.2 Å². The van der Waals surface area contributed by atoms with Gasteiger partial charge in [0.05, 0.1) is 14.2 Å². The maximum Gasteiger partial charge on any atom is 0.197 e. The van der Waals surface area contributed by atoms with Gasteiger partial charge >= 0.3 is 0 Å². The number of aromatic hydroxyl groups is 6. The van der Waals surface area contributed by atoms with Gasteiger partial charge in [-0.15, -0.1) is 0 Å². The number of ether oxygens (including phenoxy) is 2. The van der Waals surface area contributed by atoms with Gasteiger partial charge in [0, 0.05) is 47.5 Å². The molecular weight excluding hydrogens is 576 g/mol. The van der Waals surface area contributed by atoms with Gasteiger partial charge in [0.15, 0.2) is 33.9 Å². The van der Waals surface area contributed by atoms with E-state index in [-0.39, 0.29) is 68.0 Å². The van der Waals surface area contributed by atoms with Crippen molar-refractivity contribution in [2.75, 3.05) is 14.2 Å². The fourth-order valence-electron chi connectivity index (χ4n) is 4.48. The highest BCUT2D eigenvalue weighted by Crippen LogP contribution is 2.35. The molecule has 0 aliphatic carbocycles. The average Bonchev–Trinajstić information content (AvgIpc) is 2.96. The number of benzene rings is 4. The van der Waals surface area contributed by atoms with Gasteiger partial charge in [0.25, 0.3) is 0 Å². The second-order valence-corrected chi connectivity index (χ2v) is 9.40. The van der Waals surface area contributed by atoms with E-state index >= 15 is 0 Å². The van der Waals surface area contributed by atoms with Crippen molar-refractivity contribution in [3.63, 3.8) is 0 Å². The van der Waals surface area contributed by atoms with Gasteiger partial charge in [0.1, 0.15) is 56.5 Å². The number of fused-ring (bicyclic) bond motifs is 2. The molecule has 12 nitrogen and oxygen atoms in total. The molecule has 0 saturated heterocycles. The summed E-state index contributed by atoms with van der Waals surface area (Å²) in [7, 11) is 2.85. The lowest BCUT2D eigenvalue weighted by Gasteiger charge is -2.07. The summed E-state index contributed by atoms with van der Waals surface area (Å²) >= 11 is 0. The van der Waals surface area contributed by atoms with E-state index in [2.05, 4.69) is 0 Å². The predicted octanol–water partition coefficient (Wildman–Crippen LogP) is 5.17. The third kappa shape index (κ3) is 5.59. The molecule has 6 aromatic rings. The molecule has 0 spiro atoms. The minimum atomic E-state index is -0.455. The lowest BCUT2D eigenvalue weighted by molar-refractivity contribution is 0.373. The number of hydrogen-bond donors (Lipinski definition) is 6. The van der Waals surface area contributed by atoms with Crippen LogP contribution < -0.4 is 20.3 Å². The molecule has 44 heavy (non-hydrogen) atoms. The van der Waals surface area contributed by atoms with Gasteiger partial charge in [-0.1, -0.05) is 0 Å². The van der Waals surface area contributed by atoms with Gasteiger partial charge in [0.2, 0.25) is 0 Å². The number of phenols is 6. The lowest BCUT2D eigenvalue weighted by atomic mass is 10.1. The fraction of sp³-hybridized carbons (Fsp3) is 0.0625. The van der Waals surface area contributed by atoms with Crippen LogP contribution in [0.15, 0.2) is 91.2 Å². The summed E-state index contributed by atoms with van der Waals surface area (Å²) < 4.78 is 21.0. The van der Waals surface area contributed by atoms with E-state index in [1.807, 2.05) is 0 Å². The first-order valence-electron chi connectivity index (χ1n) is 12.7. The minimum absolute atomic E-state index is 0.0146. The first kappa shape index (κ1) is 29.2. The Balaban J connectivity index is 0.000000175. The molecule has 4 aromatic carbocycles. The van der Waals surface area contributed by atoms with Crippen LogP contribution in [0, 0.1) is 0 Å². The van der Waals surface area contributed by atoms with Crippen molar-refractivity contribution in [3.8, 4) is 68.6 Å². The Hall–Kier alpha value is -6.30. The zero-order valence-corrected chi connectivity index (χ0v) is 23.1. The van der Waals surface area contributed by atoms with Crippen molar-refractivity contribution in [2.45, 2.75) is 0 Å². The molecule has 0 fully saturated rings. The number of hydrogen-bond acceptors (Lipinski definition) is 12. The van der Waals surface area contributed by atoms with E-state index in [1.165, 1.54) is 62.8 Å². The highest BCUT2D eigenvalue weighted by molar-refractivity contribution is 5.87. The Morgan fingerprint density at radius 3 is 1.23 bits per heavy atom. The third-order valence-electron chi connectivity index (χ3n) is 6.52. The molecular formula is C32H24O12. The van der Waals surface area contributed by atoms with Crippen LogP contribution in [0.3, 0.4) is 0 Å². The molecule has 6 rings (SSSR count). The van der Waals surface area contributed by atoms with Crippen LogP contribution in [0.25, 0.3) is 44.6 Å². The largest absolute Gasteiger partial charge is 0.508 e. The van der Waals surface area contributed by atoms with Crippen molar-refractivity contribution in [2.24, 2.45) is 0 Å². The highest BCUT2D eigenvalue weighted by atomic mass is 16.5. The molecule has 0 aliphatic rings. The molecule has 0 unspecified atom stereocenters. The average molecular weight is 601 g/mol. The summed E-state index contributed by atoms with van der Waals surface area (Å²) in [5.74, 6) is -0.361. The van der Waals surface area contributed by atoms with Crippen LogP contribution in [0.2, 0.25) is 0 Å². The summed E-state index contributed by atoms with van der Waals surface area (Å²) in [6.45, 7) is 0. The second kappa shape index (κ2) is 11.5. The Morgan fingerprint density at radius 2 is 0.886 bits per heavy atom. The van der Waals surface area contributed by atoms with Crippen molar-refractivity contribution >= 4 is 21.9 Å². The van der Waals surface area contributed by atoms with Crippen LogP contribution in [0.1, 0.15) is 0 Å². The van der Waals surface area contributed by atoms with Crippen molar-refractivity contribution in [3.05, 3.63) is 93.2 Å². The summed E-state index contributed by atoms with van der Waals surface area (Å²) in [5.41, 5.74) is 0.110. The molecule has 12 heteroatoms. The maximum absolute atomic E-state index is 12.1. The van der Waals surface area contributed by atoms with Crippen LogP contribution >= 0.6 is 0 Å². The smallest absolute Gasteiger partial charge is 0.197 e. The van der Waals surface area contributed by atoms with Gasteiger partial charge in [-0.3, -0.25) is 9.59 Å². The molecule has 224 valence electrons. The van der Waals surface area contributed by atoms with Gasteiger partial charge in [-0.05, 0) is 36.4 Å². The summed E-state index contributed by atoms with van der Waals surface area (Å²) in [5, 5.41) is 58.0. The monoisotopic (exact) mass is 600 g/mol. The fourth-order valence-corrected chi connectivity index (χ4v) is 4.48. The highest BCUT2D eigenvalue weighted by Gasteiger charge is 2.15. The van der Waals surface area contributed by atoms with Crippen LogP contribution in [-0.4, -0.2) is 44.9 Å². The van der Waals surface area contributed by atoms with E-state index in [0.29, 0.717) is 22.6 Å². The zero-order valence-electron chi connectivity index (χ0n) is 23.1. The van der Waals surface area contributed by atoms with Crippen LogP contribution in [0.4, 0.5) is 0 Å². The summed E-state index contributed by atoms with van der Waals surface area (Å²) in [6, 6.07) is 16.1. The number of methoxy groups -OCH3 is 2. The molecule has 0 amide bonds. The molecule has 0 bridgehead atoms. The molecule has 0 aliphatic heterocycles. The topological polar surface area (TPSA) is 200 Å². The van der Waals surface area contributed by atoms with Crippen LogP contribution in [-0.2, 0) is 0 Å². The first-order chi connectivity index (χ1) is 21.0. The Bertz CT molecular complexity index is 2010. The maximum atomic E-state index is 12.1. The molecule has 6 N–H and O–H groups in total. The standard InChI is InChI=1S/2C16H12O6/c2*1-21-13-3-2-8(4-10(13)18)14-7-12(20)16-11(19)5-9(17)6-15(16)22-14/h2*2-7,17-19H,1H3. The quantitative estimate of drug-likeness (QED) is 0.155. The lowest BCUT2D eigenvalue weighted by Crippen LogP contribution is -2.00. The van der Waals surface area contributed by atoms with E-state index in [4.69, 9.17) is 18.3 Å². The van der Waals surface area contributed by atoms with Crippen molar-refractivity contribution in [1.82, 2.24) is 0 Å². The number of phenolic OH excluding ortho intramolecular Hbond substituents is 6. The molecule has 0 saturated carbocycles. The van der Waals surface area contributed by atoms with Crippen LogP contribution in [0.5, 0.6) is 46.0 Å². The van der Waals surface area contributed by atoms with Gasteiger partial charge in [-0.2, -0.15) is 0 Å². The van der Waals surface area contributed by atoms with Crippen molar-refractivity contribution in [1.29, 1.82) is 0 Å². The number of rotatable bonds is 4. The Labute approximate surface area is 247 Å². The Morgan fingerprint density at radius 1 is 0.500 bits per heavy atom. The summed E-state index contributed by atoms with van der Waals surface area (Å²) in [4.78, 5) is 24.2. The summed E-state index contributed by atoms with van der Waals surface area (Å²) in [6.07, 6.45) is 0. The third-order valence-corrected chi connectivity index (χ3v) is 6.52. The second-order valence-electron chi connectivity index (χ2n) is 9.40. The molecule has 0 radical (unpaired) electrons.